The van der Waals surface area contributed by atoms with Crippen LogP contribution < -0.4 is 5.32 Å². The normalized spacial score (nSPS) is 15.1. The summed E-state index contributed by atoms with van der Waals surface area (Å²) in [5.74, 6) is 1.04. The second-order valence-corrected chi connectivity index (χ2v) is 7.56. The van der Waals surface area contributed by atoms with Crippen LogP contribution in [0.15, 0.2) is 24.4 Å². The van der Waals surface area contributed by atoms with Gasteiger partial charge in [0.2, 0.25) is 0 Å². The van der Waals surface area contributed by atoms with Gasteiger partial charge in [0.1, 0.15) is 17.1 Å². The fraction of sp³-hybridized carbons (Fsp3) is 0.500. The minimum Gasteiger partial charge on any atom is -0.444 e. The van der Waals surface area contributed by atoms with E-state index in [1.807, 2.05) is 27.8 Å². The quantitative estimate of drug-likeness (QED) is 0.904. The highest BCUT2D eigenvalue weighted by atomic mass is 16.6. The number of carbonyl (C=O) groups excluding carboxylic acids is 1. The van der Waals surface area contributed by atoms with E-state index in [0.29, 0.717) is 13.1 Å². The fourth-order valence-corrected chi connectivity index (χ4v) is 3.22. The Kier molecular flexibility index (Phi) is 4.94. The number of hydrogen-bond donors (Lipinski definition) is 1. The summed E-state index contributed by atoms with van der Waals surface area (Å²) in [5, 5.41) is 3.25. The van der Waals surface area contributed by atoms with Crippen molar-refractivity contribution in [3.63, 3.8) is 0 Å². The van der Waals surface area contributed by atoms with E-state index in [4.69, 9.17) is 4.74 Å². The lowest BCUT2D eigenvalue weighted by Gasteiger charge is -2.29. The lowest BCUT2D eigenvalue weighted by Crippen LogP contribution is -2.39. The molecule has 3 heterocycles. The Labute approximate surface area is 154 Å². The maximum absolute atomic E-state index is 12.2. The molecule has 0 saturated carbocycles. The second kappa shape index (κ2) is 7.02. The van der Waals surface area contributed by atoms with Crippen LogP contribution in [0.2, 0.25) is 0 Å². The molecular weight excluding hydrogens is 328 g/mol. The Hall–Kier alpha value is -2.50. The van der Waals surface area contributed by atoms with Gasteiger partial charge in [0.15, 0.2) is 0 Å². The average Bonchev–Trinajstić information content (AvgIpc) is 2.97. The Balaban J connectivity index is 1.81. The molecule has 0 unspecified atom stereocenters. The summed E-state index contributed by atoms with van der Waals surface area (Å²) >= 11 is 0. The number of hydrogen-bond acceptors (Lipinski definition) is 4. The van der Waals surface area contributed by atoms with Crippen molar-refractivity contribution in [2.24, 2.45) is 0 Å². The van der Waals surface area contributed by atoms with Crippen LogP contribution in [0.4, 0.5) is 10.6 Å². The number of nitrogens with zero attached hydrogens (tertiary/aromatic N) is 3. The molecule has 0 atom stereocenters. The third kappa shape index (κ3) is 3.69. The van der Waals surface area contributed by atoms with Crippen LogP contribution in [0.1, 0.15) is 45.4 Å². The van der Waals surface area contributed by atoms with Gasteiger partial charge in [0.25, 0.3) is 0 Å². The lowest BCUT2D eigenvalue weighted by atomic mass is 10.0. The van der Waals surface area contributed by atoms with Crippen LogP contribution in [-0.2, 0) is 11.2 Å². The summed E-state index contributed by atoms with van der Waals surface area (Å²) < 4.78 is 7.56. The van der Waals surface area contributed by atoms with Gasteiger partial charge in [-0.25, -0.2) is 9.78 Å². The van der Waals surface area contributed by atoms with Crippen LogP contribution >= 0.6 is 0 Å². The molecule has 1 aliphatic rings. The lowest BCUT2D eigenvalue weighted by molar-refractivity contribution is 0.0270. The van der Waals surface area contributed by atoms with Gasteiger partial charge in [0.05, 0.1) is 5.69 Å². The number of nitrogens with one attached hydrogen (secondary N) is 1. The zero-order valence-corrected chi connectivity index (χ0v) is 16.3. The number of aryl methyl sites for hydroxylation is 1. The van der Waals surface area contributed by atoms with Crippen molar-refractivity contribution in [3.8, 4) is 0 Å². The minimum atomic E-state index is -0.464. The average molecular weight is 356 g/mol. The zero-order valence-electron chi connectivity index (χ0n) is 16.3. The minimum absolute atomic E-state index is 0.247. The molecule has 0 saturated heterocycles. The van der Waals surface area contributed by atoms with E-state index in [1.165, 1.54) is 5.57 Å². The summed E-state index contributed by atoms with van der Waals surface area (Å²) in [5.41, 5.74) is 3.96. The molecule has 140 valence electrons. The Bertz CT molecular complexity index is 845. The number of imidazole rings is 1. The maximum atomic E-state index is 12.2. The smallest absolute Gasteiger partial charge is 0.410 e. The molecule has 0 aliphatic carbocycles. The SMILES string of the molecule is CCc1nc2ccc(C3=CCN(C(=O)OC(C)(C)C)CC3)cn2c1NC. The van der Waals surface area contributed by atoms with Crippen LogP contribution in [0.25, 0.3) is 11.2 Å². The number of pyridine rings is 1. The molecule has 0 bridgehead atoms. The van der Waals surface area contributed by atoms with Gasteiger partial charge in [-0.2, -0.15) is 0 Å². The first kappa shape index (κ1) is 18.3. The van der Waals surface area contributed by atoms with E-state index < -0.39 is 5.60 Å². The van der Waals surface area contributed by atoms with E-state index in [2.05, 4.69) is 46.0 Å². The van der Waals surface area contributed by atoms with E-state index in [-0.39, 0.29) is 6.09 Å². The molecule has 26 heavy (non-hydrogen) atoms. The van der Waals surface area contributed by atoms with Crippen LogP contribution in [-0.4, -0.2) is 46.1 Å². The van der Waals surface area contributed by atoms with Crippen molar-refractivity contribution in [1.29, 1.82) is 0 Å². The van der Waals surface area contributed by atoms with Gasteiger partial charge in [-0.1, -0.05) is 13.0 Å². The molecule has 6 heteroatoms. The summed E-state index contributed by atoms with van der Waals surface area (Å²) in [7, 11) is 1.92. The molecule has 2 aromatic heterocycles. The number of rotatable bonds is 3. The zero-order chi connectivity index (χ0) is 18.9. The highest BCUT2D eigenvalue weighted by Crippen LogP contribution is 2.26. The summed E-state index contributed by atoms with van der Waals surface area (Å²) in [6.45, 7) is 9.02. The monoisotopic (exact) mass is 356 g/mol. The first-order valence-corrected chi connectivity index (χ1v) is 9.18. The van der Waals surface area contributed by atoms with Gasteiger partial charge < -0.3 is 15.0 Å². The van der Waals surface area contributed by atoms with Gasteiger partial charge in [-0.3, -0.25) is 4.40 Å². The third-order valence-corrected chi connectivity index (χ3v) is 4.49. The van der Waals surface area contributed by atoms with Crippen molar-refractivity contribution in [3.05, 3.63) is 35.7 Å². The molecule has 0 fully saturated rings. The highest BCUT2D eigenvalue weighted by molar-refractivity contribution is 5.73. The molecule has 0 aromatic carbocycles. The van der Waals surface area contributed by atoms with Crippen molar-refractivity contribution in [1.82, 2.24) is 14.3 Å². The number of carbonyl (C=O) groups is 1. The standard InChI is InChI=1S/C20H28N4O2/c1-6-16-18(21-5)24-13-15(7-8-17(24)22-16)14-9-11-23(12-10-14)19(25)26-20(2,3)4/h7-9,13,21H,6,10-12H2,1-5H3. The van der Waals surface area contributed by atoms with E-state index >= 15 is 0 Å². The molecule has 1 N–H and O–H groups in total. The number of amides is 1. The molecular formula is C20H28N4O2. The molecule has 0 spiro atoms. The number of ether oxygens (including phenoxy) is 1. The molecule has 1 amide bonds. The number of anilines is 1. The Morgan fingerprint density at radius 3 is 2.69 bits per heavy atom. The number of aromatic nitrogens is 2. The van der Waals surface area contributed by atoms with Crippen LogP contribution in [0.3, 0.4) is 0 Å². The highest BCUT2D eigenvalue weighted by Gasteiger charge is 2.24. The third-order valence-electron chi connectivity index (χ3n) is 4.49. The van der Waals surface area contributed by atoms with E-state index in [9.17, 15) is 4.79 Å². The predicted molar refractivity (Wildman–Crippen MR) is 105 cm³/mol. The topological polar surface area (TPSA) is 58.9 Å². The summed E-state index contributed by atoms with van der Waals surface area (Å²) in [4.78, 5) is 18.6. The predicted octanol–water partition coefficient (Wildman–Crippen LogP) is 3.96. The van der Waals surface area contributed by atoms with E-state index in [1.54, 1.807) is 4.90 Å². The molecule has 0 radical (unpaired) electrons. The van der Waals surface area contributed by atoms with Gasteiger partial charge in [0, 0.05) is 26.3 Å². The molecule has 3 rings (SSSR count). The fourth-order valence-electron chi connectivity index (χ4n) is 3.22. The first-order valence-electron chi connectivity index (χ1n) is 9.18. The van der Waals surface area contributed by atoms with Crippen LogP contribution in [0, 0.1) is 0 Å². The van der Waals surface area contributed by atoms with Gasteiger partial charge in [-0.05, 0) is 56.9 Å². The largest absolute Gasteiger partial charge is 0.444 e. The summed E-state index contributed by atoms with van der Waals surface area (Å²) in [6.07, 6.45) is 5.70. The molecule has 1 aliphatic heterocycles. The Morgan fingerprint density at radius 2 is 2.12 bits per heavy atom. The van der Waals surface area contributed by atoms with Crippen molar-refractivity contribution >= 4 is 23.1 Å². The maximum Gasteiger partial charge on any atom is 0.410 e. The van der Waals surface area contributed by atoms with E-state index in [0.717, 1.165) is 35.6 Å². The van der Waals surface area contributed by atoms with Crippen LogP contribution in [0.5, 0.6) is 0 Å². The molecule has 6 nitrogen and oxygen atoms in total. The van der Waals surface area contributed by atoms with Gasteiger partial charge in [-0.15, -0.1) is 0 Å². The van der Waals surface area contributed by atoms with Crippen molar-refractivity contribution in [2.75, 3.05) is 25.5 Å². The molecule has 2 aromatic rings. The second-order valence-electron chi connectivity index (χ2n) is 7.56. The first-order chi connectivity index (χ1) is 12.3. The van der Waals surface area contributed by atoms with Crippen molar-refractivity contribution in [2.45, 2.75) is 46.1 Å². The Morgan fingerprint density at radius 1 is 1.35 bits per heavy atom. The van der Waals surface area contributed by atoms with Crippen molar-refractivity contribution < 1.29 is 9.53 Å². The number of fused-ring (bicyclic) bond motifs is 1. The van der Waals surface area contributed by atoms with Gasteiger partial charge >= 0.3 is 6.09 Å². The summed E-state index contributed by atoms with van der Waals surface area (Å²) in [6, 6.07) is 4.16.